The largest absolute Gasteiger partial charge is 0.477 e. The van der Waals surface area contributed by atoms with Gasteiger partial charge in [-0.2, -0.15) is 0 Å². The smallest absolute Gasteiger partial charge is 0.341 e. The molecule has 0 aliphatic carbocycles. The number of carboxylic acids is 1. The number of benzene rings is 1. The summed E-state index contributed by atoms with van der Waals surface area (Å²) in [6.45, 7) is 1.28. The van der Waals surface area contributed by atoms with Crippen LogP contribution in [0.1, 0.15) is 23.2 Å². The van der Waals surface area contributed by atoms with E-state index in [0.29, 0.717) is 24.3 Å². The summed E-state index contributed by atoms with van der Waals surface area (Å²) in [4.78, 5) is 30.5. The van der Waals surface area contributed by atoms with Crippen LogP contribution in [0.5, 0.6) is 5.75 Å². The van der Waals surface area contributed by atoms with E-state index < -0.39 is 22.8 Å². The molecule has 0 unspecified atom stereocenters. The lowest BCUT2D eigenvalue weighted by Gasteiger charge is -2.37. The first-order chi connectivity index (χ1) is 15.4. The first-order valence-corrected chi connectivity index (χ1v) is 10.4. The highest BCUT2D eigenvalue weighted by molar-refractivity contribution is 5.97. The molecule has 0 radical (unpaired) electrons. The number of ether oxygens (including phenoxy) is 1. The van der Waals surface area contributed by atoms with Crippen LogP contribution in [0.25, 0.3) is 10.9 Å². The summed E-state index contributed by atoms with van der Waals surface area (Å²) in [5, 5.41) is 14.4. The quantitative estimate of drug-likeness (QED) is 0.639. The van der Waals surface area contributed by atoms with Gasteiger partial charge in [0.2, 0.25) is 5.43 Å². The number of anilines is 2. The minimum absolute atomic E-state index is 0.0144. The lowest BCUT2D eigenvalue weighted by atomic mass is 10.0. The summed E-state index contributed by atoms with van der Waals surface area (Å²) in [5.41, 5.74) is -0.463. The van der Waals surface area contributed by atoms with Crippen LogP contribution < -0.4 is 25.4 Å². The molecule has 3 aromatic rings. The maximum absolute atomic E-state index is 15.3. The average Bonchev–Trinajstić information content (AvgIpc) is 2.78. The van der Waals surface area contributed by atoms with Crippen LogP contribution in [0.15, 0.2) is 41.5 Å². The SMILES string of the molecule is CN1COc2c(N3CCC(Nc4ccccn4)CC3)c(F)cc3c(=O)c(C(=O)O)cn1c23. The van der Waals surface area contributed by atoms with Gasteiger partial charge >= 0.3 is 5.97 Å². The van der Waals surface area contributed by atoms with Crippen molar-refractivity contribution in [3.05, 3.63) is 58.3 Å². The third-order valence-electron chi connectivity index (χ3n) is 5.97. The summed E-state index contributed by atoms with van der Waals surface area (Å²) in [6, 6.07) is 7.03. The summed E-state index contributed by atoms with van der Waals surface area (Å²) >= 11 is 0. The molecule has 0 amide bonds. The van der Waals surface area contributed by atoms with Gasteiger partial charge in [0.15, 0.2) is 18.3 Å². The Balaban J connectivity index is 1.51. The molecular formula is C22H22FN5O4. The minimum Gasteiger partial charge on any atom is -0.477 e. The van der Waals surface area contributed by atoms with Crippen LogP contribution in [0, 0.1) is 5.82 Å². The average molecular weight is 439 g/mol. The first-order valence-electron chi connectivity index (χ1n) is 10.4. The molecule has 1 saturated heterocycles. The topological polar surface area (TPSA) is 99.9 Å². The molecule has 1 aromatic carbocycles. The second-order valence-corrected chi connectivity index (χ2v) is 8.01. The van der Waals surface area contributed by atoms with Gasteiger partial charge < -0.3 is 20.1 Å². The van der Waals surface area contributed by atoms with E-state index in [0.717, 1.165) is 24.7 Å². The Morgan fingerprint density at radius 2 is 2.09 bits per heavy atom. The van der Waals surface area contributed by atoms with Gasteiger partial charge in [0.1, 0.15) is 22.6 Å². The number of carbonyl (C=O) groups is 1. The molecule has 166 valence electrons. The third kappa shape index (κ3) is 3.28. The molecule has 9 nitrogen and oxygen atoms in total. The fraction of sp³-hybridized carbons (Fsp3) is 0.318. The van der Waals surface area contributed by atoms with E-state index >= 15 is 4.39 Å². The molecule has 1 fully saturated rings. The highest BCUT2D eigenvalue weighted by atomic mass is 19.1. The number of aromatic nitrogens is 2. The van der Waals surface area contributed by atoms with E-state index in [1.807, 2.05) is 23.1 Å². The predicted octanol–water partition coefficient (Wildman–Crippen LogP) is 2.23. The number of aromatic carboxylic acids is 1. The van der Waals surface area contributed by atoms with E-state index in [2.05, 4.69) is 10.3 Å². The molecule has 0 bridgehead atoms. The van der Waals surface area contributed by atoms with Crippen LogP contribution in [-0.2, 0) is 0 Å². The van der Waals surface area contributed by atoms with E-state index in [-0.39, 0.29) is 23.9 Å². The molecule has 2 aromatic heterocycles. The molecule has 10 heteroatoms. The van der Waals surface area contributed by atoms with Crippen molar-refractivity contribution in [2.24, 2.45) is 0 Å². The van der Waals surface area contributed by atoms with Crippen LogP contribution in [-0.4, -0.2) is 53.6 Å². The second-order valence-electron chi connectivity index (χ2n) is 8.01. The normalized spacial score (nSPS) is 16.2. The fourth-order valence-corrected chi connectivity index (χ4v) is 4.38. The summed E-state index contributed by atoms with van der Waals surface area (Å²) in [7, 11) is 1.70. The van der Waals surface area contributed by atoms with Gasteiger partial charge in [0.05, 0.1) is 5.39 Å². The van der Waals surface area contributed by atoms with Crippen LogP contribution in [0.4, 0.5) is 15.9 Å². The van der Waals surface area contributed by atoms with E-state index in [1.54, 1.807) is 22.9 Å². The number of nitrogens with one attached hydrogen (secondary N) is 1. The van der Waals surface area contributed by atoms with Gasteiger partial charge in [-0.1, -0.05) is 6.07 Å². The molecule has 2 aliphatic rings. The Morgan fingerprint density at radius 1 is 1.31 bits per heavy atom. The summed E-state index contributed by atoms with van der Waals surface area (Å²) in [6.07, 6.45) is 4.55. The maximum Gasteiger partial charge on any atom is 0.341 e. The number of hydrogen-bond acceptors (Lipinski definition) is 7. The Kier molecular flexibility index (Phi) is 4.84. The van der Waals surface area contributed by atoms with E-state index in [1.165, 1.54) is 6.20 Å². The Morgan fingerprint density at radius 3 is 2.78 bits per heavy atom. The number of pyridine rings is 2. The van der Waals surface area contributed by atoms with Crippen molar-refractivity contribution in [1.82, 2.24) is 9.66 Å². The van der Waals surface area contributed by atoms with Gasteiger partial charge in [-0.25, -0.2) is 14.2 Å². The zero-order chi connectivity index (χ0) is 22.4. The second kappa shape index (κ2) is 7.70. The zero-order valence-electron chi connectivity index (χ0n) is 17.4. The number of halogens is 1. The molecule has 2 aliphatic heterocycles. The Bertz CT molecular complexity index is 1250. The lowest BCUT2D eigenvalue weighted by molar-refractivity contribution is 0.0694. The van der Waals surface area contributed by atoms with Gasteiger partial charge in [0.25, 0.3) is 0 Å². The zero-order valence-corrected chi connectivity index (χ0v) is 17.4. The van der Waals surface area contributed by atoms with Crippen molar-refractivity contribution >= 4 is 28.4 Å². The van der Waals surface area contributed by atoms with Crippen molar-refractivity contribution < 1.29 is 19.0 Å². The monoisotopic (exact) mass is 439 g/mol. The minimum atomic E-state index is -1.35. The molecule has 5 rings (SSSR count). The lowest BCUT2D eigenvalue weighted by Crippen LogP contribution is -2.42. The number of rotatable bonds is 4. The number of carboxylic acid groups (broad SMARTS) is 1. The van der Waals surface area contributed by atoms with Gasteiger partial charge in [-0.15, -0.1) is 0 Å². The third-order valence-corrected chi connectivity index (χ3v) is 5.97. The van der Waals surface area contributed by atoms with Crippen molar-refractivity contribution in [2.45, 2.75) is 18.9 Å². The maximum atomic E-state index is 15.3. The molecule has 0 atom stereocenters. The molecule has 32 heavy (non-hydrogen) atoms. The standard InChI is InChI=1S/C22H22FN5O4/c1-26-12-32-21-18-14(20(29)15(22(30)31)11-28(18)26)10-16(23)19(21)27-8-5-13(6-9-27)25-17-4-2-3-7-24-17/h2-4,7,10-11,13H,5-6,8-9,12H2,1H3,(H,24,25)(H,30,31). The van der Waals surface area contributed by atoms with Gasteiger partial charge in [-0.3, -0.25) is 14.5 Å². The Labute approximate surface area is 182 Å². The highest BCUT2D eigenvalue weighted by Crippen LogP contribution is 2.41. The van der Waals surface area contributed by atoms with Crippen LogP contribution in [0.2, 0.25) is 0 Å². The number of hydrogen-bond donors (Lipinski definition) is 2. The highest BCUT2D eigenvalue weighted by Gasteiger charge is 2.31. The molecule has 2 N–H and O–H groups in total. The van der Waals surface area contributed by atoms with Gasteiger partial charge in [-0.05, 0) is 31.0 Å². The van der Waals surface area contributed by atoms with Crippen molar-refractivity contribution in [3.63, 3.8) is 0 Å². The molecule has 0 spiro atoms. The molecule has 4 heterocycles. The summed E-state index contributed by atoms with van der Waals surface area (Å²) in [5.74, 6) is -0.876. The van der Waals surface area contributed by atoms with Gasteiger partial charge in [0, 0.05) is 38.6 Å². The number of piperidine rings is 1. The van der Waals surface area contributed by atoms with Crippen molar-refractivity contribution in [3.8, 4) is 5.75 Å². The van der Waals surface area contributed by atoms with Crippen molar-refractivity contribution in [1.29, 1.82) is 0 Å². The summed E-state index contributed by atoms with van der Waals surface area (Å²) < 4.78 is 22.7. The van der Waals surface area contributed by atoms with E-state index in [9.17, 15) is 14.7 Å². The first kappa shape index (κ1) is 20.1. The Hall–Kier alpha value is -3.82. The molecule has 0 saturated carbocycles. The van der Waals surface area contributed by atoms with Crippen molar-refractivity contribution in [2.75, 3.05) is 42.1 Å². The number of nitrogens with zero attached hydrogens (tertiary/aromatic N) is 4. The fourth-order valence-electron chi connectivity index (χ4n) is 4.38. The van der Waals surface area contributed by atoms with Crippen LogP contribution >= 0.6 is 0 Å². The van der Waals surface area contributed by atoms with Crippen LogP contribution in [0.3, 0.4) is 0 Å². The molecular weight excluding hydrogens is 417 g/mol. The predicted molar refractivity (Wildman–Crippen MR) is 118 cm³/mol. The van der Waals surface area contributed by atoms with E-state index in [4.69, 9.17) is 4.74 Å².